The second-order valence-electron chi connectivity index (χ2n) is 9.59. The molecule has 0 atom stereocenters. The van der Waals surface area contributed by atoms with Gasteiger partial charge in [-0.05, 0) is 47.4 Å². The van der Waals surface area contributed by atoms with Crippen molar-refractivity contribution in [1.29, 1.82) is 0 Å². The fourth-order valence-electron chi connectivity index (χ4n) is 5.42. The van der Waals surface area contributed by atoms with Gasteiger partial charge in [0.2, 0.25) is 0 Å². The Morgan fingerprint density at radius 1 is 0.974 bits per heavy atom. The zero-order chi connectivity index (χ0) is 27.5. The van der Waals surface area contributed by atoms with Crippen molar-refractivity contribution in [1.82, 2.24) is 15.2 Å². The first-order valence-electron chi connectivity index (χ1n) is 13.4. The van der Waals surface area contributed by atoms with E-state index in [1.807, 2.05) is 26.0 Å². The number of halogens is 1. The van der Waals surface area contributed by atoms with Gasteiger partial charge in [-0.2, -0.15) is 0 Å². The monoisotopic (exact) mass is 529 g/mol. The smallest absolute Gasteiger partial charge is 0.269 e. The summed E-state index contributed by atoms with van der Waals surface area (Å²) in [4.78, 5) is 31.0. The highest BCUT2D eigenvalue weighted by molar-refractivity contribution is 6.10. The van der Waals surface area contributed by atoms with E-state index in [0.29, 0.717) is 24.0 Å². The van der Waals surface area contributed by atoms with Crippen LogP contribution in [-0.4, -0.2) is 53.4 Å². The van der Waals surface area contributed by atoms with E-state index in [1.165, 1.54) is 17.7 Å². The molecule has 0 spiro atoms. The summed E-state index contributed by atoms with van der Waals surface area (Å²) >= 11 is 0. The van der Waals surface area contributed by atoms with E-state index in [-0.39, 0.29) is 16.5 Å². The van der Waals surface area contributed by atoms with Gasteiger partial charge in [-0.15, -0.1) is 0 Å². The molecule has 0 unspecified atom stereocenters. The number of carbonyl (C=O) groups is 1. The summed E-state index contributed by atoms with van der Waals surface area (Å²) in [5.41, 5.74) is 6.34. The minimum absolute atomic E-state index is 0.107. The molecule has 202 valence electrons. The van der Waals surface area contributed by atoms with E-state index in [9.17, 15) is 19.3 Å². The lowest BCUT2D eigenvalue weighted by Crippen LogP contribution is -2.45. The van der Waals surface area contributed by atoms with E-state index in [4.69, 9.17) is 0 Å². The number of benzene rings is 3. The van der Waals surface area contributed by atoms with Crippen LogP contribution in [0.2, 0.25) is 0 Å². The van der Waals surface area contributed by atoms with Crippen molar-refractivity contribution in [3.8, 4) is 11.3 Å². The molecule has 3 aromatic carbocycles. The number of aromatic nitrogens is 1. The molecule has 1 aromatic heterocycles. The van der Waals surface area contributed by atoms with E-state index >= 15 is 0 Å². The standard InChI is InChI=1S/C28H26FN5O3.C2H6/c29-20-15-24-26-23(9-10-30-28(24)35)27(31-25(26)16-20)19-3-1-18(2-4-19)17-32-11-13-33(14-12-32)21-5-7-22(8-6-21)34(36)37;1-2/h1-8,15-16,31H,9-14,17H2,(H,30,35);1-2H3. The number of aromatic amines is 1. The number of rotatable bonds is 5. The molecule has 0 saturated carbocycles. The maximum Gasteiger partial charge on any atom is 0.269 e. The third-order valence-electron chi connectivity index (χ3n) is 7.32. The van der Waals surface area contributed by atoms with Crippen molar-refractivity contribution < 1.29 is 14.1 Å². The van der Waals surface area contributed by atoms with E-state index in [2.05, 4.69) is 44.4 Å². The van der Waals surface area contributed by atoms with Crippen LogP contribution in [0.1, 0.15) is 35.3 Å². The minimum atomic E-state index is -0.428. The number of hydrogen-bond acceptors (Lipinski definition) is 5. The quantitative estimate of drug-likeness (QED) is 0.262. The molecule has 8 nitrogen and oxygen atoms in total. The Balaban J connectivity index is 0.00000151. The maximum atomic E-state index is 14.2. The molecule has 0 radical (unpaired) electrons. The van der Waals surface area contributed by atoms with Crippen LogP contribution < -0.4 is 10.2 Å². The number of H-pyrrole nitrogens is 1. The molecule has 1 fully saturated rings. The SMILES string of the molecule is CC.O=C1NCCc2c(-c3ccc(CN4CCN(c5ccc([N+](=O)[O-])cc5)CC4)cc3)[nH]c3cc(F)cc1c23. The number of hydrogen-bond donors (Lipinski definition) is 2. The largest absolute Gasteiger partial charge is 0.369 e. The van der Waals surface area contributed by atoms with Crippen molar-refractivity contribution in [3.63, 3.8) is 0 Å². The van der Waals surface area contributed by atoms with Gasteiger partial charge in [0.25, 0.3) is 11.6 Å². The second kappa shape index (κ2) is 11.2. The van der Waals surface area contributed by atoms with Crippen molar-refractivity contribution in [3.05, 3.63) is 93.3 Å². The van der Waals surface area contributed by atoms with Crippen LogP contribution in [0.25, 0.3) is 22.2 Å². The molecule has 9 heteroatoms. The summed E-state index contributed by atoms with van der Waals surface area (Å²) in [6, 6.07) is 17.9. The third-order valence-corrected chi connectivity index (χ3v) is 7.32. The number of nitro benzene ring substituents is 1. The summed E-state index contributed by atoms with van der Waals surface area (Å²) in [5.74, 6) is -0.666. The molecule has 2 aliphatic rings. The van der Waals surface area contributed by atoms with Crippen molar-refractivity contribution in [2.24, 2.45) is 0 Å². The summed E-state index contributed by atoms with van der Waals surface area (Å²) in [6.45, 7) is 8.88. The first-order chi connectivity index (χ1) is 19.0. The molecular formula is C30H32FN5O3. The predicted octanol–water partition coefficient (Wildman–Crippen LogP) is 5.52. The van der Waals surface area contributed by atoms with Gasteiger partial charge in [-0.25, -0.2) is 4.39 Å². The number of anilines is 1. The Bertz CT molecular complexity index is 1490. The van der Waals surface area contributed by atoms with Crippen LogP contribution in [0.5, 0.6) is 0 Å². The molecule has 3 heterocycles. The van der Waals surface area contributed by atoms with Gasteiger partial charge in [-0.1, -0.05) is 38.1 Å². The highest BCUT2D eigenvalue weighted by atomic mass is 19.1. The topological polar surface area (TPSA) is 94.5 Å². The van der Waals surface area contributed by atoms with Crippen LogP contribution in [0.4, 0.5) is 15.8 Å². The van der Waals surface area contributed by atoms with Gasteiger partial charge >= 0.3 is 0 Å². The van der Waals surface area contributed by atoms with Gasteiger partial charge in [0.15, 0.2) is 0 Å². The molecule has 2 N–H and O–H groups in total. The fourth-order valence-corrected chi connectivity index (χ4v) is 5.42. The van der Waals surface area contributed by atoms with Crippen LogP contribution in [0.3, 0.4) is 0 Å². The average Bonchev–Trinajstić information content (AvgIpc) is 3.23. The van der Waals surface area contributed by atoms with Gasteiger partial charge in [0.1, 0.15) is 5.82 Å². The Hall–Kier alpha value is -4.24. The zero-order valence-electron chi connectivity index (χ0n) is 22.2. The van der Waals surface area contributed by atoms with Crippen molar-refractivity contribution in [2.45, 2.75) is 26.8 Å². The van der Waals surface area contributed by atoms with Crippen LogP contribution in [0.15, 0.2) is 60.7 Å². The van der Waals surface area contributed by atoms with Crippen LogP contribution in [0, 0.1) is 15.9 Å². The predicted molar refractivity (Wildman–Crippen MR) is 152 cm³/mol. The molecule has 1 saturated heterocycles. The van der Waals surface area contributed by atoms with E-state index < -0.39 is 5.82 Å². The van der Waals surface area contributed by atoms with Gasteiger partial charge < -0.3 is 15.2 Å². The summed E-state index contributed by atoms with van der Waals surface area (Å²) < 4.78 is 14.2. The highest BCUT2D eigenvalue weighted by Crippen LogP contribution is 2.35. The summed E-state index contributed by atoms with van der Waals surface area (Å²) in [6.07, 6.45) is 0.681. The van der Waals surface area contributed by atoms with Crippen molar-refractivity contribution >= 4 is 28.2 Å². The number of nitro groups is 1. The lowest BCUT2D eigenvalue weighted by Gasteiger charge is -2.36. The Morgan fingerprint density at radius 2 is 1.67 bits per heavy atom. The Kier molecular flexibility index (Phi) is 7.60. The molecular weight excluding hydrogens is 497 g/mol. The number of non-ortho nitro benzene ring substituents is 1. The van der Waals surface area contributed by atoms with Gasteiger partial charge in [-0.3, -0.25) is 19.8 Å². The number of nitrogens with zero attached hydrogens (tertiary/aromatic N) is 3. The lowest BCUT2D eigenvalue weighted by molar-refractivity contribution is -0.384. The average molecular weight is 530 g/mol. The number of carbonyl (C=O) groups excluding carboxylic acids is 1. The zero-order valence-corrected chi connectivity index (χ0v) is 22.2. The van der Waals surface area contributed by atoms with Crippen molar-refractivity contribution in [2.75, 3.05) is 37.6 Å². The van der Waals surface area contributed by atoms with Crippen LogP contribution >= 0.6 is 0 Å². The molecule has 39 heavy (non-hydrogen) atoms. The number of nitrogens with one attached hydrogen (secondary N) is 2. The summed E-state index contributed by atoms with van der Waals surface area (Å²) in [5, 5.41) is 14.6. The summed E-state index contributed by atoms with van der Waals surface area (Å²) in [7, 11) is 0. The normalized spacial score (nSPS) is 15.4. The lowest BCUT2D eigenvalue weighted by atomic mass is 9.99. The Morgan fingerprint density at radius 3 is 2.33 bits per heavy atom. The number of piperazine rings is 1. The molecule has 2 aliphatic heterocycles. The van der Waals surface area contributed by atoms with Crippen LogP contribution in [-0.2, 0) is 13.0 Å². The maximum absolute atomic E-state index is 14.2. The minimum Gasteiger partial charge on any atom is -0.369 e. The first kappa shape index (κ1) is 26.4. The second-order valence-corrected chi connectivity index (χ2v) is 9.59. The van der Waals surface area contributed by atoms with E-state index in [1.54, 1.807) is 12.1 Å². The molecule has 1 amide bonds. The number of amides is 1. The third kappa shape index (κ3) is 5.35. The van der Waals surface area contributed by atoms with Gasteiger partial charge in [0.05, 0.1) is 10.5 Å². The molecule has 0 aliphatic carbocycles. The highest BCUT2D eigenvalue weighted by Gasteiger charge is 2.24. The van der Waals surface area contributed by atoms with Gasteiger partial charge in [0, 0.05) is 73.7 Å². The molecule has 0 bridgehead atoms. The molecule has 4 aromatic rings. The first-order valence-corrected chi connectivity index (χ1v) is 13.4. The Labute approximate surface area is 226 Å². The molecule has 6 rings (SSSR count). The van der Waals surface area contributed by atoms with E-state index in [0.717, 1.165) is 60.6 Å². The fraction of sp³-hybridized carbons (Fsp3) is 0.300.